The molecule has 2 aliphatic rings. The molecule has 2 fully saturated rings. The molecule has 526 valence electrons. The molecule has 0 radical (unpaired) electrons. The average molecular weight is 1400 g/mol. The summed E-state index contributed by atoms with van der Waals surface area (Å²) in [4.78, 5) is 127. The molecular formula is C69H81N5O22S2. The van der Waals surface area contributed by atoms with E-state index in [4.69, 9.17) is 18.9 Å². The van der Waals surface area contributed by atoms with E-state index in [1.165, 1.54) is 36.0 Å². The summed E-state index contributed by atoms with van der Waals surface area (Å²) in [5, 5.41) is 99.8. The van der Waals surface area contributed by atoms with Gasteiger partial charge in [-0.05, 0) is 83.0 Å². The maximum absolute atomic E-state index is 13.3. The maximum Gasteiger partial charge on any atom is 0.364 e. The number of aldehydes is 2. The fourth-order valence-corrected chi connectivity index (χ4v) is 12.9. The van der Waals surface area contributed by atoms with Crippen LogP contribution in [0.25, 0.3) is 22.3 Å². The van der Waals surface area contributed by atoms with E-state index in [0.29, 0.717) is 6.29 Å². The van der Waals surface area contributed by atoms with Gasteiger partial charge in [0.05, 0.1) is 49.7 Å². The van der Waals surface area contributed by atoms with Gasteiger partial charge in [0.2, 0.25) is 17.6 Å². The van der Waals surface area contributed by atoms with Crippen molar-refractivity contribution in [2.75, 3.05) is 49.3 Å². The Labute approximate surface area is 572 Å². The summed E-state index contributed by atoms with van der Waals surface area (Å²) < 4.78 is 23.3. The Bertz CT molecular complexity index is 3510. The Hall–Kier alpha value is -8.30. The van der Waals surface area contributed by atoms with Crippen molar-refractivity contribution in [3.8, 4) is 22.3 Å². The number of thioether (sulfide) groups is 2. The van der Waals surface area contributed by atoms with E-state index >= 15 is 0 Å². The summed E-state index contributed by atoms with van der Waals surface area (Å²) in [5.41, 5.74) is 4.27. The van der Waals surface area contributed by atoms with Crippen LogP contribution in [-0.2, 0) is 47.7 Å². The van der Waals surface area contributed by atoms with Crippen molar-refractivity contribution in [1.82, 2.24) is 26.6 Å². The van der Waals surface area contributed by atoms with Gasteiger partial charge in [0.1, 0.15) is 36.7 Å². The van der Waals surface area contributed by atoms with Gasteiger partial charge < -0.3 is 91.2 Å². The second-order valence-electron chi connectivity index (χ2n) is 23.6. The molecule has 5 aromatic rings. The third kappa shape index (κ3) is 21.6. The Morgan fingerprint density at radius 3 is 1.45 bits per heavy atom. The van der Waals surface area contributed by atoms with E-state index < -0.39 is 158 Å². The van der Waals surface area contributed by atoms with E-state index in [9.17, 15) is 88.8 Å². The van der Waals surface area contributed by atoms with Crippen molar-refractivity contribution in [3.63, 3.8) is 0 Å². The zero-order valence-electron chi connectivity index (χ0n) is 53.6. The molecule has 2 heterocycles. The number of carboxylic acid groups (broad SMARTS) is 2. The lowest BCUT2D eigenvalue weighted by atomic mass is 9.88. The van der Waals surface area contributed by atoms with Gasteiger partial charge in [-0.15, -0.1) is 0 Å². The Balaban J connectivity index is 0.817. The molecule has 0 saturated carbocycles. The number of amides is 5. The number of rotatable bonds is 37. The maximum atomic E-state index is 13.3. The number of Topliss-reactive ketones (excluding diaryl/α,β-unsaturated/α-hetero) is 1. The van der Waals surface area contributed by atoms with Crippen LogP contribution >= 0.6 is 23.5 Å². The fourth-order valence-electron chi connectivity index (χ4n) is 11.0. The first kappa shape index (κ1) is 77.1. The molecule has 0 bridgehead atoms. The normalized spacial score (nSPS) is 22.4. The van der Waals surface area contributed by atoms with Crippen LogP contribution < -0.4 is 26.6 Å². The van der Waals surface area contributed by atoms with Crippen LogP contribution in [0.2, 0.25) is 0 Å². The van der Waals surface area contributed by atoms with Crippen LogP contribution in [0.4, 0.5) is 0 Å². The van der Waals surface area contributed by atoms with Crippen molar-refractivity contribution in [2.45, 2.75) is 124 Å². The minimum absolute atomic E-state index is 0.0218. The highest BCUT2D eigenvalue weighted by Crippen LogP contribution is 2.35. The lowest BCUT2D eigenvalue weighted by Gasteiger charge is -2.46. The average Bonchev–Trinajstić information content (AvgIpc) is 0.786. The predicted octanol–water partition coefficient (Wildman–Crippen LogP) is 2.16. The molecule has 5 aromatic carbocycles. The highest BCUT2D eigenvalue weighted by atomic mass is 32.2. The number of ketones is 1. The van der Waals surface area contributed by atoms with Crippen LogP contribution in [0, 0.1) is 5.92 Å². The van der Waals surface area contributed by atoms with Gasteiger partial charge in [0, 0.05) is 85.9 Å². The van der Waals surface area contributed by atoms with Crippen molar-refractivity contribution in [2.24, 2.45) is 5.92 Å². The Morgan fingerprint density at radius 1 is 0.561 bits per heavy atom. The van der Waals surface area contributed by atoms with Crippen LogP contribution in [-0.4, -0.2) is 229 Å². The van der Waals surface area contributed by atoms with Gasteiger partial charge in [-0.1, -0.05) is 97.1 Å². The number of benzene rings is 5. The number of aliphatic carboxylic acids is 2. The SMILES string of the molecule is CC(=O)N[C@H]1[C@H]([C@H](O)[C@H](O)CNC(=O)c2ccc(-c3ccccc3)cc2)O[C@](C=O)(OCCCSCC(NC(=O)c2ccc(C(=O)CC(C=O)CSCCCO[C@]3(C(=O)O)C[C@H](O)[C@@H](NC(C)=O)[C@H]([C@H](O)[C@H](O)CNC(=O)c4ccc(-c5ccccc5)cc4)O3)cc2)C(=O)O)C[C@@H]1O. The van der Waals surface area contributed by atoms with Gasteiger partial charge in [0.25, 0.3) is 23.5 Å². The summed E-state index contributed by atoms with van der Waals surface area (Å²) in [6, 6.07) is 33.4. The number of hydrogen-bond acceptors (Lipinski definition) is 22. The molecule has 2 saturated heterocycles. The molecule has 29 heteroatoms. The quantitative estimate of drug-likeness (QED) is 0.0154. The highest BCUT2D eigenvalue weighted by Gasteiger charge is 2.56. The third-order valence-electron chi connectivity index (χ3n) is 16.2. The molecule has 27 nitrogen and oxygen atoms in total. The molecule has 2 aliphatic heterocycles. The van der Waals surface area contributed by atoms with Gasteiger partial charge in [-0.3, -0.25) is 33.6 Å². The van der Waals surface area contributed by atoms with Crippen LogP contribution in [0.1, 0.15) is 87.4 Å². The predicted molar refractivity (Wildman–Crippen MR) is 357 cm³/mol. The zero-order valence-corrected chi connectivity index (χ0v) is 55.2. The Kier molecular flexibility index (Phi) is 29.1. The summed E-state index contributed by atoms with van der Waals surface area (Å²) in [5.74, 6) is -11.7. The molecule has 98 heavy (non-hydrogen) atoms. The number of hydrogen-bond donors (Lipinski definition) is 13. The number of carbonyl (C=O) groups excluding carboxylic acids is 8. The molecule has 5 amide bonds. The second kappa shape index (κ2) is 37.0. The van der Waals surface area contributed by atoms with E-state index in [0.717, 1.165) is 47.9 Å². The molecule has 2 unspecified atom stereocenters. The van der Waals surface area contributed by atoms with Gasteiger partial charge in [0.15, 0.2) is 12.1 Å². The van der Waals surface area contributed by atoms with Crippen molar-refractivity contribution in [1.29, 1.82) is 0 Å². The number of aliphatic hydroxyl groups excluding tert-OH is 6. The lowest BCUT2D eigenvalue weighted by Crippen LogP contribution is -2.68. The number of ether oxygens (including phenoxy) is 4. The zero-order chi connectivity index (χ0) is 71.1. The van der Waals surface area contributed by atoms with Crippen LogP contribution in [0.15, 0.2) is 133 Å². The van der Waals surface area contributed by atoms with Crippen molar-refractivity contribution >= 4 is 83.4 Å². The van der Waals surface area contributed by atoms with Crippen LogP contribution in [0.5, 0.6) is 0 Å². The van der Waals surface area contributed by atoms with Gasteiger partial charge in [-0.2, -0.15) is 23.5 Å². The smallest absolute Gasteiger partial charge is 0.364 e. The highest BCUT2D eigenvalue weighted by molar-refractivity contribution is 7.99. The first-order valence-corrected chi connectivity index (χ1v) is 33.8. The fraction of sp³-hybridized carbons (Fsp3) is 0.420. The Morgan fingerprint density at radius 2 is 0.990 bits per heavy atom. The minimum Gasteiger partial charge on any atom is -0.480 e. The monoisotopic (exact) mass is 1400 g/mol. The number of aliphatic hydroxyl groups is 6. The van der Waals surface area contributed by atoms with E-state index in [1.54, 1.807) is 48.5 Å². The molecule has 7 rings (SSSR count). The second-order valence-corrected chi connectivity index (χ2v) is 25.9. The summed E-state index contributed by atoms with van der Waals surface area (Å²) in [6.07, 6.45) is -14.1. The number of carbonyl (C=O) groups is 10. The molecule has 0 aliphatic carbocycles. The van der Waals surface area contributed by atoms with Crippen molar-refractivity contribution in [3.05, 3.63) is 156 Å². The summed E-state index contributed by atoms with van der Waals surface area (Å²) in [6.45, 7) is 0.761. The van der Waals surface area contributed by atoms with E-state index in [2.05, 4.69) is 26.6 Å². The standard InChI is InChI=1S/C69H81N5O22S2/c1-40(77)72-57-53(80)32-68(39-76,95-61(57)59(84)55(82)34-70-63(86)48-21-15-45(16-22-48)43-11-5-3-6-12-43)93-27-9-30-98-38-51(66(89)90)74-65(88)50-25-19-47(20-26-50)52(79)31-42(36-75)37-97-29-10-28-94-69(67(91)92)33-54(81)58(73-41(2)78)62(96-69)60(85)56(83)35-71-64(87)49-23-17-46(18-24-49)44-13-7-4-8-14-44/h3-8,11-26,36,39,42,51,53-62,80-85H,9-10,27-35,37-38H2,1-2H3,(H,70,86)(H,71,87)(H,72,77)(H,73,78)(H,74,88)(H,89,90)(H,91,92)/t42?,51?,53-,54-,55+,56+,57+,58+,59+,60+,61+,62+,68+,69+/m0/s1. The van der Waals surface area contributed by atoms with Gasteiger partial charge >= 0.3 is 11.9 Å². The molecular weight excluding hydrogens is 1310 g/mol. The minimum atomic E-state index is -2.57. The lowest BCUT2D eigenvalue weighted by molar-refractivity contribution is -0.310. The molecule has 14 atom stereocenters. The summed E-state index contributed by atoms with van der Waals surface area (Å²) >= 11 is 2.37. The van der Waals surface area contributed by atoms with Crippen LogP contribution in [0.3, 0.4) is 0 Å². The number of nitrogens with one attached hydrogen (secondary N) is 5. The molecule has 13 N–H and O–H groups in total. The summed E-state index contributed by atoms with van der Waals surface area (Å²) in [7, 11) is 0. The first-order chi connectivity index (χ1) is 46.9. The van der Waals surface area contributed by atoms with E-state index in [-0.39, 0.29) is 84.0 Å². The molecule has 0 spiro atoms. The van der Waals surface area contributed by atoms with Crippen molar-refractivity contribution < 1.29 is 108 Å². The first-order valence-electron chi connectivity index (χ1n) is 31.5. The third-order valence-corrected chi connectivity index (χ3v) is 18.6. The molecule has 0 aromatic heterocycles. The van der Waals surface area contributed by atoms with Gasteiger partial charge in [-0.25, -0.2) is 9.59 Å². The number of carboxylic acids is 2. The topological polar surface area (TPSA) is 430 Å². The largest absolute Gasteiger partial charge is 0.480 e. The van der Waals surface area contributed by atoms with E-state index in [1.807, 2.05) is 60.7 Å².